The van der Waals surface area contributed by atoms with Crippen LogP contribution in [0.2, 0.25) is 5.02 Å². The molecule has 8 heteroatoms. The second-order valence-corrected chi connectivity index (χ2v) is 10.6. The summed E-state index contributed by atoms with van der Waals surface area (Å²) in [4.78, 5) is 24.7. The molecule has 0 fully saturated rings. The van der Waals surface area contributed by atoms with Gasteiger partial charge in [0.05, 0.1) is 18.3 Å². The van der Waals surface area contributed by atoms with Crippen molar-refractivity contribution in [3.05, 3.63) is 147 Å². The first kappa shape index (κ1) is 27.2. The molecule has 6 aromatic rings. The summed E-state index contributed by atoms with van der Waals surface area (Å²) in [6.07, 6.45) is 3.23. The van der Waals surface area contributed by atoms with Gasteiger partial charge in [-0.1, -0.05) is 58.8 Å². The largest absolute Gasteiger partial charge is 0.486 e. The Kier molecular flexibility index (Phi) is 7.66. The number of nitrogens with zero attached hydrogens (tertiary/aromatic N) is 3. The number of aromatic nitrogens is 3. The van der Waals surface area contributed by atoms with Gasteiger partial charge in [-0.2, -0.15) is 0 Å². The van der Waals surface area contributed by atoms with E-state index < -0.39 is 0 Å². The number of hydrogen-bond donors (Lipinski definition) is 0. The molecule has 0 saturated heterocycles. The van der Waals surface area contributed by atoms with E-state index in [0.717, 1.165) is 28.4 Å². The van der Waals surface area contributed by atoms with Crippen molar-refractivity contribution in [2.75, 3.05) is 0 Å². The second kappa shape index (κ2) is 11.8. The van der Waals surface area contributed by atoms with Gasteiger partial charge < -0.3 is 9.15 Å². The summed E-state index contributed by atoms with van der Waals surface area (Å²) in [7, 11) is 0. The maximum absolute atomic E-state index is 12.8. The Morgan fingerprint density at radius 1 is 0.952 bits per heavy atom. The lowest BCUT2D eigenvalue weighted by Crippen LogP contribution is -2.01. The van der Waals surface area contributed by atoms with Gasteiger partial charge in [0.2, 0.25) is 5.78 Å². The molecule has 208 valence electrons. The molecule has 0 bridgehead atoms. The number of hydrogen-bond acceptors (Lipinski definition) is 6. The topological polar surface area (TPSA) is 87.2 Å². The van der Waals surface area contributed by atoms with Crippen LogP contribution in [0, 0.1) is 6.92 Å². The van der Waals surface area contributed by atoms with Crippen LogP contribution in [-0.2, 0) is 19.6 Å². The van der Waals surface area contributed by atoms with Crippen LogP contribution in [0.5, 0.6) is 5.75 Å². The minimum Gasteiger partial charge on any atom is -0.486 e. The Morgan fingerprint density at radius 3 is 2.57 bits per heavy atom. The van der Waals surface area contributed by atoms with E-state index in [1.54, 1.807) is 41.1 Å². The molecule has 0 aliphatic rings. The average molecular weight is 576 g/mol. The molecule has 4 aromatic carbocycles. The summed E-state index contributed by atoms with van der Waals surface area (Å²) in [5.74, 6) is 0.548. The van der Waals surface area contributed by atoms with Gasteiger partial charge in [-0.15, -0.1) is 5.10 Å². The minimum atomic E-state index is -0.204. The number of carbonyl (C=O) groups is 2. The number of carbonyl (C=O) groups excluding carboxylic acids is 2. The van der Waals surface area contributed by atoms with Crippen molar-refractivity contribution in [2.24, 2.45) is 0 Å². The van der Waals surface area contributed by atoms with Gasteiger partial charge in [0.15, 0.2) is 12.0 Å². The molecule has 7 nitrogen and oxygen atoms in total. The number of benzene rings is 4. The van der Waals surface area contributed by atoms with Crippen LogP contribution in [0.4, 0.5) is 0 Å². The maximum atomic E-state index is 12.8. The van der Waals surface area contributed by atoms with Crippen LogP contribution in [0.15, 0.2) is 102 Å². The summed E-state index contributed by atoms with van der Waals surface area (Å²) < 4.78 is 13.5. The van der Waals surface area contributed by atoms with E-state index in [2.05, 4.69) is 35.4 Å². The predicted molar refractivity (Wildman–Crippen MR) is 160 cm³/mol. The monoisotopic (exact) mass is 575 g/mol. The number of halogens is 1. The van der Waals surface area contributed by atoms with Crippen LogP contribution < -0.4 is 4.74 Å². The van der Waals surface area contributed by atoms with Crippen molar-refractivity contribution in [1.82, 2.24) is 15.0 Å². The molecule has 6 rings (SSSR count). The zero-order valence-corrected chi connectivity index (χ0v) is 23.5. The van der Waals surface area contributed by atoms with Gasteiger partial charge >= 0.3 is 0 Å². The highest BCUT2D eigenvalue weighted by molar-refractivity contribution is 6.30. The fourth-order valence-electron chi connectivity index (χ4n) is 4.86. The molecule has 0 radical (unpaired) electrons. The Morgan fingerprint density at radius 2 is 1.76 bits per heavy atom. The lowest BCUT2D eigenvalue weighted by Gasteiger charge is -2.09. The Labute approximate surface area is 247 Å². The summed E-state index contributed by atoms with van der Waals surface area (Å²) in [6.45, 7) is 2.87. The first-order valence-electron chi connectivity index (χ1n) is 13.4. The van der Waals surface area contributed by atoms with Crippen LogP contribution in [0.1, 0.15) is 54.4 Å². The molecule has 0 N–H and O–H groups in total. The third-order valence-electron chi connectivity index (χ3n) is 6.91. The number of fused-ring (bicyclic) bond motifs is 1. The quantitative estimate of drug-likeness (QED) is 0.126. The number of ketones is 1. The Hall–Kier alpha value is -5.01. The lowest BCUT2D eigenvalue weighted by molar-refractivity contribution is 0.101. The van der Waals surface area contributed by atoms with Crippen molar-refractivity contribution < 1.29 is 18.7 Å². The van der Waals surface area contributed by atoms with Gasteiger partial charge in [-0.05, 0) is 84.6 Å². The molecule has 0 unspecified atom stereocenters. The fourth-order valence-corrected chi connectivity index (χ4v) is 4.98. The van der Waals surface area contributed by atoms with Crippen molar-refractivity contribution in [3.63, 3.8) is 0 Å². The Bertz CT molecular complexity index is 1910. The van der Waals surface area contributed by atoms with Gasteiger partial charge in [0.1, 0.15) is 23.6 Å². The van der Waals surface area contributed by atoms with E-state index in [-0.39, 0.29) is 18.2 Å². The zero-order chi connectivity index (χ0) is 29.1. The van der Waals surface area contributed by atoms with Gasteiger partial charge in [0.25, 0.3) is 0 Å². The number of rotatable bonds is 10. The van der Waals surface area contributed by atoms with Crippen LogP contribution in [-0.4, -0.2) is 27.1 Å². The van der Waals surface area contributed by atoms with Crippen molar-refractivity contribution in [2.45, 2.75) is 26.5 Å². The highest BCUT2D eigenvalue weighted by atomic mass is 35.5. The first-order chi connectivity index (χ1) is 20.4. The molecule has 0 amide bonds. The van der Waals surface area contributed by atoms with Crippen molar-refractivity contribution >= 4 is 34.6 Å². The number of ether oxygens (including phenoxy) is 1. The van der Waals surface area contributed by atoms with Gasteiger partial charge in [0, 0.05) is 16.0 Å². The van der Waals surface area contributed by atoms with Crippen LogP contribution >= 0.6 is 11.6 Å². The molecule has 0 spiro atoms. The lowest BCUT2D eigenvalue weighted by atomic mass is 10.0. The zero-order valence-electron chi connectivity index (χ0n) is 22.8. The third kappa shape index (κ3) is 6.16. The predicted octanol–water partition coefficient (Wildman–Crippen LogP) is 7.25. The third-order valence-corrected chi connectivity index (χ3v) is 7.16. The minimum absolute atomic E-state index is 0.197. The summed E-state index contributed by atoms with van der Waals surface area (Å²) in [6, 6.07) is 28.1. The standard InChI is InChI=1S/C34H26ClN3O4/c1-22-3-2-4-25(13-22)18-38-19-30(36-37-38)21-41-31-11-5-24(16-28(31)20-39)14-23-6-12-32-27(15-23)17-33(42-32)34(40)26-7-9-29(35)10-8-26/h2-13,15-17,19-20H,14,18,21H2,1H3. The fraction of sp³-hybridized carbons (Fsp3) is 0.118. The van der Waals surface area contributed by atoms with Crippen molar-refractivity contribution in [3.8, 4) is 5.75 Å². The molecule has 2 heterocycles. The van der Waals surface area contributed by atoms with Gasteiger partial charge in [-0.3, -0.25) is 9.59 Å². The first-order valence-corrected chi connectivity index (χ1v) is 13.8. The van der Waals surface area contributed by atoms with E-state index >= 15 is 0 Å². The molecular formula is C34H26ClN3O4. The average Bonchev–Trinajstić information content (AvgIpc) is 3.63. The van der Waals surface area contributed by atoms with E-state index in [4.69, 9.17) is 20.8 Å². The highest BCUT2D eigenvalue weighted by Crippen LogP contribution is 2.26. The normalized spacial score (nSPS) is 11.1. The van der Waals surface area contributed by atoms with Crippen LogP contribution in [0.3, 0.4) is 0 Å². The molecule has 0 aliphatic carbocycles. The number of aryl methyl sites for hydroxylation is 1. The van der Waals surface area contributed by atoms with E-state index in [0.29, 0.717) is 46.1 Å². The molecule has 0 aliphatic heterocycles. The maximum Gasteiger partial charge on any atom is 0.228 e. The summed E-state index contributed by atoms with van der Waals surface area (Å²) in [5.41, 5.74) is 6.58. The highest BCUT2D eigenvalue weighted by Gasteiger charge is 2.15. The number of furan rings is 1. The van der Waals surface area contributed by atoms with E-state index in [9.17, 15) is 9.59 Å². The second-order valence-electron chi connectivity index (χ2n) is 10.2. The summed E-state index contributed by atoms with van der Waals surface area (Å²) in [5, 5.41) is 9.79. The molecule has 0 atom stereocenters. The molecule has 0 saturated carbocycles. The SMILES string of the molecule is Cc1cccc(Cn2cc(COc3ccc(Cc4ccc5oc(C(=O)c6ccc(Cl)cc6)cc5c4)cc3C=O)nn2)c1. The van der Waals surface area contributed by atoms with E-state index in [1.165, 1.54) is 5.56 Å². The molecular weight excluding hydrogens is 550 g/mol. The van der Waals surface area contributed by atoms with Crippen LogP contribution in [0.25, 0.3) is 11.0 Å². The number of aldehydes is 1. The summed E-state index contributed by atoms with van der Waals surface area (Å²) >= 11 is 5.94. The molecule has 42 heavy (non-hydrogen) atoms. The van der Waals surface area contributed by atoms with E-state index in [1.807, 2.05) is 42.6 Å². The van der Waals surface area contributed by atoms with Crippen molar-refractivity contribution in [1.29, 1.82) is 0 Å². The van der Waals surface area contributed by atoms with Gasteiger partial charge in [-0.25, -0.2) is 4.68 Å². The smallest absolute Gasteiger partial charge is 0.228 e. The molecule has 2 aromatic heterocycles. The Balaban J connectivity index is 1.11.